The first-order chi connectivity index (χ1) is 9.93. The number of carbonyl (C=O) groups is 3. The summed E-state index contributed by atoms with van der Waals surface area (Å²) in [5, 5.41) is 13.6. The Hall–Kier alpha value is -2.57. The van der Waals surface area contributed by atoms with Crippen molar-refractivity contribution in [3.8, 4) is 0 Å². The number of nitrogens with zero attached hydrogens (tertiary/aromatic N) is 1. The van der Waals surface area contributed by atoms with Crippen molar-refractivity contribution in [3.63, 3.8) is 0 Å². The van der Waals surface area contributed by atoms with Gasteiger partial charge in [0.2, 0.25) is 5.91 Å². The number of carbonyl (C=O) groups excluding carboxylic acids is 2. The van der Waals surface area contributed by atoms with Gasteiger partial charge in [-0.25, -0.2) is 9.59 Å². The molecule has 0 aliphatic carbocycles. The molecule has 0 bridgehead atoms. The number of carboxylic acids is 1. The highest BCUT2D eigenvalue weighted by Crippen LogP contribution is 2.30. The molecule has 1 aliphatic rings. The molecule has 7 heteroatoms. The summed E-state index contributed by atoms with van der Waals surface area (Å²) < 4.78 is 0. The molecule has 0 radical (unpaired) electrons. The number of amides is 3. The highest BCUT2D eigenvalue weighted by atomic mass is 16.4. The minimum Gasteiger partial charge on any atom is -0.478 e. The summed E-state index contributed by atoms with van der Waals surface area (Å²) in [6.07, 6.45) is 0.743. The van der Waals surface area contributed by atoms with Gasteiger partial charge in [-0.1, -0.05) is 6.07 Å². The molecule has 0 saturated carbocycles. The van der Waals surface area contributed by atoms with Gasteiger partial charge in [0.1, 0.15) is 6.04 Å². The highest BCUT2D eigenvalue weighted by molar-refractivity contribution is 5.98. The second-order valence-corrected chi connectivity index (χ2v) is 4.84. The van der Waals surface area contributed by atoms with E-state index in [9.17, 15) is 14.4 Å². The third kappa shape index (κ3) is 2.96. The summed E-state index contributed by atoms with van der Waals surface area (Å²) in [6, 6.07) is 3.76. The Labute approximate surface area is 121 Å². The van der Waals surface area contributed by atoms with Crippen molar-refractivity contribution in [2.75, 3.05) is 18.5 Å². The standard InChI is InChI=1S/C14H17N3O4/c1-8(12(18)16-14(21)15-2)17-6-5-9-3-4-10(13(19)20)7-11(9)17/h3-4,7-8H,5-6H2,1-2H3,(H,19,20)(H2,15,16,18,21). The number of rotatable bonds is 3. The highest BCUT2D eigenvalue weighted by Gasteiger charge is 2.29. The maximum atomic E-state index is 12.0. The molecule has 7 nitrogen and oxygen atoms in total. The molecule has 1 heterocycles. The zero-order valence-corrected chi connectivity index (χ0v) is 11.8. The van der Waals surface area contributed by atoms with Crippen molar-refractivity contribution in [2.24, 2.45) is 0 Å². The molecule has 1 aromatic rings. The summed E-state index contributed by atoms with van der Waals surface area (Å²) in [5.74, 6) is -1.44. The van der Waals surface area contributed by atoms with Crippen LogP contribution < -0.4 is 15.5 Å². The van der Waals surface area contributed by atoms with Crippen LogP contribution in [0.1, 0.15) is 22.8 Å². The second kappa shape index (κ2) is 5.82. The van der Waals surface area contributed by atoms with E-state index in [1.807, 2.05) is 0 Å². The SMILES string of the molecule is CNC(=O)NC(=O)C(C)N1CCc2ccc(C(=O)O)cc21. The molecule has 0 spiro atoms. The van der Waals surface area contributed by atoms with Crippen LogP contribution in [0.25, 0.3) is 0 Å². The van der Waals surface area contributed by atoms with Gasteiger partial charge in [0.15, 0.2) is 0 Å². The Kier molecular flexibility index (Phi) is 4.11. The van der Waals surface area contributed by atoms with Crippen molar-refractivity contribution in [2.45, 2.75) is 19.4 Å². The molecular formula is C14H17N3O4. The number of imide groups is 1. The van der Waals surface area contributed by atoms with Crippen molar-refractivity contribution in [1.82, 2.24) is 10.6 Å². The van der Waals surface area contributed by atoms with E-state index in [-0.39, 0.29) is 5.56 Å². The van der Waals surface area contributed by atoms with Crippen LogP contribution in [0, 0.1) is 0 Å². The minimum absolute atomic E-state index is 0.180. The number of hydrogen-bond donors (Lipinski definition) is 3. The Balaban J connectivity index is 2.21. The molecule has 0 saturated heterocycles. The molecule has 3 N–H and O–H groups in total. The normalized spacial score (nSPS) is 14.3. The maximum Gasteiger partial charge on any atom is 0.335 e. The van der Waals surface area contributed by atoms with E-state index in [4.69, 9.17) is 5.11 Å². The number of carboxylic acid groups (broad SMARTS) is 1. The van der Waals surface area contributed by atoms with Crippen LogP contribution in [0.4, 0.5) is 10.5 Å². The Morgan fingerprint density at radius 2 is 2.05 bits per heavy atom. The average Bonchev–Trinajstić information content (AvgIpc) is 2.88. The Morgan fingerprint density at radius 3 is 2.67 bits per heavy atom. The predicted molar refractivity (Wildman–Crippen MR) is 76.5 cm³/mol. The number of aromatic carboxylic acids is 1. The van der Waals surface area contributed by atoms with Crippen LogP contribution in [0.2, 0.25) is 0 Å². The van der Waals surface area contributed by atoms with E-state index in [0.29, 0.717) is 6.54 Å². The quantitative estimate of drug-likeness (QED) is 0.757. The van der Waals surface area contributed by atoms with Gasteiger partial charge in [0, 0.05) is 19.3 Å². The Bertz CT molecular complexity index is 600. The van der Waals surface area contributed by atoms with E-state index >= 15 is 0 Å². The number of anilines is 1. The predicted octanol–water partition coefficient (Wildman–Crippen LogP) is 0.591. The van der Waals surface area contributed by atoms with Gasteiger partial charge < -0.3 is 15.3 Å². The molecular weight excluding hydrogens is 274 g/mol. The number of urea groups is 1. The molecule has 1 aliphatic heterocycles. The molecule has 1 unspecified atom stereocenters. The average molecular weight is 291 g/mol. The first-order valence-electron chi connectivity index (χ1n) is 6.59. The monoisotopic (exact) mass is 291 g/mol. The van der Waals surface area contributed by atoms with E-state index in [2.05, 4.69) is 10.6 Å². The van der Waals surface area contributed by atoms with Gasteiger partial charge in [0.25, 0.3) is 0 Å². The van der Waals surface area contributed by atoms with Crippen LogP contribution in [-0.2, 0) is 11.2 Å². The first-order valence-corrected chi connectivity index (χ1v) is 6.59. The van der Waals surface area contributed by atoms with Crippen LogP contribution >= 0.6 is 0 Å². The van der Waals surface area contributed by atoms with E-state index in [1.165, 1.54) is 7.05 Å². The largest absolute Gasteiger partial charge is 0.478 e. The Morgan fingerprint density at radius 1 is 1.33 bits per heavy atom. The maximum absolute atomic E-state index is 12.0. The smallest absolute Gasteiger partial charge is 0.335 e. The summed E-state index contributed by atoms with van der Waals surface area (Å²) >= 11 is 0. The summed E-state index contributed by atoms with van der Waals surface area (Å²) in [4.78, 5) is 36.0. The fourth-order valence-electron chi connectivity index (χ4n) is 2.36. The third-order valence-corrected chi connectivity index (χ3v) is 3.57. The zero-order valence-electron chi connectivity index (χ0n) is 11.8. The van der Waals surface area contributed by atoms with E-state index < -0.39 is 23.9 Å². The van der Waals surface area contributed by atoms with Gasteiger partial charge in [-0.15, -0.1) is 0 Å². The zero-order chi connectivity index (χ0) is 15.6. The lowest BCUT2D eigenvalue weighted by Gasteiger charge is -2.26. The van der Waals surface area contributed by atoms with Crippen molar-refractivity contribution in [1.29, 1.82) is 0 Å². The van der Waals surface area contributed by atoms with Crippen LogP contribution in [-0.4, -0.2) is 42.6 Å². The topological polar surface area (TPSA) is 98.7 Å². The molecule has 1 atom stereocenters. The number of benzene rings is 1. The molecule has 2 rings (SSSR count). The van der Waals surface area contributed by atoms with Crippen molar-refractivity contribution in [3.05, 3.63) is 29.3 Å². The third-order valence-electron chi connectivity index (χ3n) is 3.57. The molecule has 3 amide bonds. The van der Waals surface area contributed by atoms with Crippen molar-refractivity contribution < 1.29 is 19.5 Å². The van der Waals surface area contributed by atoms with Crippen LogP contribution in [0.15, 0.2) is 18.2 Å². The van der Waals surface area contributed by atoms with Crippen LogP contribution in [0.5, 0.6) is 0 Å². The van der Waals surface area contributed by atoms with Crippen molar-refractivity contribution >= 4 is 23.6 Å². The van der Waals surface area contributed by atoms with Gasteiger partial charge >= 0.3 is 12.0 Å². The molecule has 1 aromatic carbocycles. The summed E-state index contributed by atoms with van der Waals surface area (Å²) in [7, 11) is 1.43. The fourth-order valence-corrected chi connectivity index (χ4v) is 2.36. The van der Waals surface area contributed by atoms with Gasteiger partial charge in [0.05, 0.1) is 5.56 Å². The molecule has 0 aromatic heterocycles. The first kappa shape index (κ1) is 14.8. The number of fused-ring (bicyclic) bond motifs is 1. The second-order valence-electron chi connectivity index (χ2n) is 4.84. The summed E-state index contributed by atoms with van der Waals surface area (Å²) in [6.45, 7) is 2.29. The van der Waals surface area contributed by atoms with Crippen LogP contribution in [0.3, 0.4) is 0 Å². The van der Waals surface area contributed by atoms with Gasteiger partial charge in [-0.2, -0.15) is 0 Å². The molecule has 0 fully saturated rings. The number of hydrogen-bond acceptors (Lipinski definition) is 4. The number of nitrogens with one attached hydrogen (secondary N) is 2. The molecule has 21 heavy (non-hydrogen) atoms. The van der Waals surface area contributed by atoms with E-state index in [0.717, 1.165) is 17.7 Å². The minimum atomic E-state index is -1.01. The van der Waals surface area contributed by atoms with Gasteiger partial charge in [-0.3, -0.25) is 10.1 Å². The molecule has 112 valence electrons. The lowest BCUT2D eigenvalue weighted by atomic mass is 10.1. The van der Waals surface area contributed by atoms with E-state index in [1.54, 1.807) is 30.0 Å². The summed E-state index contributed by atoms with van der Waals surface area (Å²) in [5.41, 5.74) is 1.91. The lowest BCUT2D eigenvalue weighted by molar-refractivity contribution is -0.120. The van der Waals surface area contributed by atoms with Gasteiger partial charge in [-0.05, 0) is 31.0 Å². The fraction of sp³-hybridized carbons (Fsp3) is 0.357. The lowest BCUT2D eigenvalue weighted by Crippen LogP contribution is -2.48.